The van der Waals surface area contributed by atoms with Gasteiger partial charge < -0.3 is 19.1 Å². The van der Waals surface area contributed by atoms with Crippen LogP contribution in [0.2, 0.25) is 0 Å². The fourth-order valence-electron chi connectivity index (χ4n) is 3.39. The van der Waals surface area contributed by atoms with E-state index in [1.807, 2.05) is 18.2 Å². The van der Waals surface area contributed by atoms with E-state index in [-0.39, 0.29) is 11.8 Å². The van der Waals surface area contributed by atoms with E-state index < -0.39 is 6.36 Å². The molecule has 4 rings (SSSR count). The largest absolute Gasteiger partial charge is 0.573 e. The third-order valence-corrected chi connectivity index (χ3v) is 4.45. The number of nitrogens with zero attached hydrogens (tertiary/aromatic N) is 2. The van der Waals surface area contributed by atoms with E-state index in [2.05, 4.69) is 14.6 Å². The molecule has 3 heterocycles. The Morgan fingerprint density at radius 3 is 2.62 bits per heavy atom. The van der Waals surface area contributed by atoms with Gasteiger partial charge in [-0.1, -0.05) is 6.07 Å². The average Bonchev–Trinajstić information content (AvgIpc) is 3.10. The summed E-state index contributed by atoms with van der Waals surface area (Å²) in [6.07, 6.45) is -1.71. The maximum absolute atomic E-state index is 12.3. The Hall–Kier alpha value is -2.64. The van der Waals surface area contributed by atoms with Gasteiger partial charge in [0, 0.05) is 6.54 Å². The van der Waals surface area contributed by atoms with Crippen LogP contribution in [0, 0.1) is 0 Å². The quantitative estimate of drug-likeness (QED) is 0.819. The smallest absolute Gasteiger partial charge is 0.486 e. The zero-order chi connectivity index (χ0) is 18.1. The van der Waals surface area contributed by atoms with Gasteiger partial charge in [0.05, 0.1) is 12.2 Å². The lowest BCUT2D eigenvalue weighted by Crippen LogP contribution is -2.24. The molecule has 1 fully saturated rings. The molecule has 138 valence electrons. The van der Waals surface area contributed by atoms with Gasteiger partial charge in [0.25, 0.3) is 0 Å². The van der Waals surface area contributed by atoms with E-state index in [9.17, 15) is 13.2 Å². The minimum atomic E-state index is -4.72. The minimum absolute atomic E-state index is 0.0905. The SMILES string of the molecule is FC(F)(F)Oc1ccc(N2CCCC2c2ccc3c(c2)OCCO3)nc1. The number of ether oxygens (including phenoxy) is 3. The summed E-state index contributed by atoms with van der Waals surface area (Å²) in [5.41, 5.74) is 1.07. The molecule has 0 saturated carbocycles. The molecular weight excluding hydrogens is 349 g/mol. The highest BCUT2D eigenvalue weighted by atomic mass is 19.4. The molecule has 5 nitrogen and oxygen atoms in total. The summed E-state index contributed by atoms with van der Waals surface area (Å²) in [7, 11) is 0. The second-order valence-electron chi connectivity index (χ2n) is 6.15. The standard InChI is InChI=1S/C18H17F3N2O3/c19-18(20,21)26-13-4-6-17(22-11-13)23-7-1-2-14(23)12-3-5-15-16(10-12)25-9-8-24-15/h3-6,10-11,14H,1-2,7-9H2. The number of hydrogen-bond acceptors (Lipinski definition) is 5. The van der Waals surface area contributed by atoms with E-state index in [0.717, 1.165) is 42.6 Å². The number of aromatic nitrogens is 1. The van der Waals surface area contributed by atoms with Crippen molar-refractivity contribution in [1.82, 2.24) is 4.98 Å². The maximum Gasteiger partial charge on any atom is 0.573 e. The number of hydrogen-bond donors (Lipinski definition) is 0. The molecule has 0 N–H and O–H groups in total. The molecule has 2 aliphatic rings. The lowest BCUT2D eigenvalue weighted by molar-refractivity contribution is -0.274. The van der Waals surface area contributed by atoms with Crippen LogP contribution in [0.3, 0.4) is 0 Å². The molecule has 26 heavy (non-hydrogen) atoms. The second-order valence-corrected chi connectivity index (χ2v) is 6.15. The van der Waals surface area contributed by atoms with E-state index >= 15 is 0 Å². The molecule has 0 bridgehead atoms. The topological polar surface area (TPSA) is 43.8 Å². The molecule has 0 aliphatic carbocycles. The predicted octanol–water partition coefficient (Wildman–Crippen LogP) is 4.09. The minimum Gasteiger partial charge on any atom is -0.486 e. The molecule has 8 heteroatoms. The average molecular weight is 366 g/mol. The fraction of sp³-hybridized carbons (Fsp3) is 0.389. The fourth-order valence-corrected chi connectivity index (χ4v) is 3.39. The summed E-state index contributed by atoms with van der Waals surface area (Å²) < 4.78 is 51.9. The number of rotatable bonds is 3. The van der Waals surface area contributed by atoms with Crippen LogP contribution >= 0.6 is 0 Å². The summed E-state index contributed by atoms with van der Waals surface area (Å²) in [4.78, 5) is 6.24. The van der Waals surface area contributed by atoms with Crippen molar-refractivity contribution in [2.75, 3.05) is 24.7 Å². The Labute approximate surface area is 148 Å². The predicted molar refractivity (Wildman–Crippen MR) is 87.7 cm³/mol. The molecule has 1 atom stereocenters. The number of alkyl halides is 3. The number of halogens is 3. The van der Waals surface area contributed by atoms with E-state index in [0.29, 0.717) is 19.0 Å². The molecule has 2 aromatic rings. The van der Waals surface area contributed by atoms with Crippen LogP contribution in [0.15, 0.2) is 36.5 Å². The van der Waals surface area contributed by atoms with Gasteiger partial charge in [-0.2, -0.15) is 0 Å². The van der Waals surface area contributed by atoms with Crippen molar-refractivity contribution >= 4 is 5.82 Å². The Morgan fingerprint density at radius 2 is 1.88 bits per heavy atom. The number of fused-ring (bicyclic) bond motifs is 1. The van der Waals surface area contributed by atoms with Gasteiger partial charge in [0.2, 0.25) is 0 Å². The summed E-state index contributed by atoms with van der Waals surface area (Å²) in [5, 5.41) is 0. The maximum atomic E-state index is 12.3. The first-order valence-electron chi connectivity index (χ1n) is 8.37. The van der Waals surface area contributed by atoms with Gasteiger partial charge in [0.15, 0.2) is 11.5 Å². The molecule has 1 unspecified atom stereocenters. The first-order valence-corrected chi connectivity index (χ1v) is 8.37. The Bertz CT molecular complexity index is 780. The number of benzene rings is 1. The van der Waals surface area contributed by atoms with Crippen LogP contribution < -0.4 is 19.1 Å². The summed E-state index contributed by atoms with van der Waals surface area (Å²) in [6.45, 7) is 1.84. The number of anilines is 1. The van der Waals surface area contributed by atoms with Crippen LogP contribution in [0.4, 0.5) is 19.0 Å². The van der Waals surface area contributed by atoms with Crippen LogP contribution in [0.5, 0.6) is 17.2 Å². The molecule has 1 saturated heterocycles. The first kappa shape index (κ1) is 16.8. The molecule has 1 aromatic carbocycles. The van der Waals surface area contributed by atoms with Gasteiger partial charge >= 0.3 is 6.36 Å². The lowest BCUT2D eigenvalue weighted by Gasteiger charge is -2.27. The highest BCUT2D eigenvalue weighted by molar-refractivity contribution is 5.50. The van der Waals surface area contributed by atoms with E-state index in [1.54, 1.807) is 6.07 Å². The molecule has 0 amide bonds. The monoisotopic (exact) mass is 366 g/mol. The Morgan fingerprint density at radius 1 is 1.08 bits per heavy atom. The highest BCUT2D eigenvalue weighted by Crippen LogP contribution is 2.40. The van der Waals surface area contributed by atoms with Gasteiger partial charge in [-0.05, 0) is 42.7 Å². The molecular formula is C18H17F3N2O3. The second kappa shape index (κ2) is 6.59. The molecule has 0 radical (unpaired) electrons. The van der Waals surface area contributed by atoms with Gasteiger partial charge in [-0.3, -0.25) is 0 Å². The Kier molecular flexibility index (Phi) is 4.26. The van der Waals surface area contributed by atoms with Crippen LogP contribution in [0.25, 0.3) is 0 Å². The summed E-state index contributed by atoms with van der Waals surface area (Å²) >= 11 is 0. The van der Waals surface area contributed by atoms with E-state index in [4.69, 9.17) is 9.47 Å². The third kappa shape index (κ3) is 3.49. The molecule has 2 aliphatic heterocycles. The van der Waals surface area contributed by atoms with Gasteiger partial charge in [-0.15, -0.1) is 13.2 Å². The summed E-state index contributed by atoms with van der Waals surface area (Å²) in [6, 6.07) is 8.80. The van der Waals surface area contributed by atoms with Crippen molar-refractivity contribution in [3.8, 4) is 17.2 Å². The summed E-state index contributed by atoms with van der Waals surface area (Å²) in [5.74, 6) is 1.76. The van der Waals surface area contributed by atoms with Crippen LogP contribution in [-0.2, 0) is 0 Å². The normalized spacial score (nSPS) is 19.5. The zero-order valence-electron chi connectivity index (χ0n) is 13.8. The van der Waals surface area contributed by atoms with Crippen molar-refractivity contribution < 1.29 is 27.4 Å². The van der Waals surface area contributed by atoms with Crippen molar-refractivity contribution in [1.29, 1.82) is 0 Å². The van der Waals surface area contributed by atoms with Crippen LogP contribution in [0.1, 0.15) is 24.4 Å². The third-order valence-electron chi connectivity index (χ3n) is 4.45. The van der Waals surface area contributed by atoms with Crippen molar-refractivity contribution in [2.45, 2.75) is 25.2 Å². The first-order chi connectivity index (χ1) is 12.5. The van der Waals surface area contributed by atoms with Crippen molar-refractivity contribution in [2.24, 2.45) is 0 Å². The van der Waals surface area contributed by atoms with Gasteiger partial charge in [-0.25, -0.2) is 4.98 Å². The van der Waals surface area contributed by atoms with E-state index in [1.165, 1.54) is 6.07 Å². The van der Waals surface area contributed by atoms with Crippen molar-refractivity contribution in [3.05, 3.63) is 42.1 Å². The highest BCUT2D eigenvalue weighted by Gasteiger charge is 2.32. The molecule has 0 spiro atoms. The van der Waals surface area contributed by atoms with Crippen molar-refractivity contribution in [3.63, 3.8) is 0 Å². The van der Waals surface area contributed by atoms with Gasteiger partial charge in [0.1, 0.15) is 24.8 Å². The van der Waals surface area contributed by atoms with Crippen LogP contribution in [-0.4, -0.2) is 31.1 Å². The molecule has 1 aromatic heterocycles. The number of pyridine rings is 1. The Balaban J connectivity index is 1.55. The zero-order valence-corrected chi connectivity index (χ0v) is 13.8. The lowest BCUT2D eigenvalue weighted by atomic mass is 10.0.